The molecule has 0 atom stereocenters. The van der Waals surface area contributed by atoms with E-state index >= 15 is 0 Å². The van der Waals surface area contributed by atoms with Crippen LogP contribution in [0.15, 0.2) is 33.7 Å². The van der Waals surface area contributed by atoms with Crippen molar-refractivity contribution in [2.75, 3.05) is 4.72 Å². The molecule has 1 N–H and O–H groups in total. The largest absolute Gasteiger partial charge is 0.360 e. The van der Waals surface area contributed by atoms with E-state index in [0.29, 0.717) is 5.76 Å². The van der Waals surface area contributed by atoms with Gasteiger partial charge in [-0.05, 0) is 55.9 Å². The molecule has 0 aliphatic heterocycles. The van der Waals surface area contributed by atoms with Crippen molar-refractivity contribution in [1.82, 2.24) is 5.16 Å². The lowest BCUT2D eigenvalue weighted by molar-refractivity contribution is 0.400. The van der Waals surface area contributed by atoms with Gasteiger partial charge in [-0.2, -0.15) is 0 Å². The molecule has 1 aliphatic carbocycles. The van der Waals surface area contributed by atoms with E-state index < -0.39 is 10.0 Å². The summed E-state index contributed by atoms with van der Waals surface area (Å²) in [6.07, 6.45) is 4.27. The monoisotopic (exact) mass is 292 g/mol. The van der Waals surface area contributed by atoms with Gasteiger partial charge < -0.3 is 4.52 Å². The molecule has 0 fully saturated rings. The maximum atomic E-state index is 12.3. The van der Waals surface area contributed by atoms with Crippen LogP contribution in [0.5, 0.6) is 0 Å². The summed E-state index contributed by atoms with van der Waals surface area (Å²) in [5, 5.41) is 3.65. The minimum absolute atomic E-state index is 0.209. The number of nitrogens with zero attached hydrogens (tertiary/aromatic N) is 1. The maximum Gasteiger partial charge on any atom is 0.263 e. The van der Waals surface area contributed by atoms with Crippen molar-refractivity contribution in [3.63, 3.8) is 0 Å². The highest BCUT2D eigenvalue weighted by Gasteiger charge is 2.19. The zero-order chi connectivity index (χ0) is 14.2. The van der Waals surface area contributed by atoms with Crippen LogP contribution in [0.3, 0.4) is 0 Å². The summed E-state index contributed by atoms with van der Waals surface area (Å²) >= 11 is 0. The Morgan fingerprint density at radius 3 is 2.60 bits per heavy atom. The fourth-order valence-corrected chi connectivity index (χ4v) is 3.52. The normalized spacial score (nSPS) is 14.8. The molecule has 6 heteroatoms. The first-order valence-electron chi connectivity index (χ1n) is 6.62. The highest BCUT2D eigenvalue weighted by Crippen LogP contribution is 2.25. The van der Waals surface area contributed by atoms with Crippen molar-refractivity contribution >= 4 is 15.8 Å². The van der Waals surface area contributed by atoms with E-state index in [4.69, 9.17) is 4.52 Å². The Labute approximate surface area is 118 Å². The molecule has 3 rings (SSSR count). The Bertz CT molecular complexity index is 735. The first-order valence-corrected chi connectivity index (χ1v) is 8.11. The average Bonchev–Trinajstić information content (AvgIpc) is 2.83. The average molecular weight is 292 g/mol. The number of rotatable bonds is 3. The van der Waals surface area contributed by atoms with Gasteiger partial charge in [0.15, 0.2) is 5.82 Å². The third-order valence-corrected chi connectivity index (χ3v) is 4.85. The Morgan fingerprint density at radius 1 is 1.15 bits per heavy atom. The second kappa shape index (κ2) is 4.94. The van der Waals surface area contributed by atoms with Crippen LogP contribution in [0.25, 0.3) is 0 Å². The number of benzene rings is 1. The molecule has 0 spiro atoms. The second-order valence-electron chi connectivity index (χ2n) is 5.07. The van der Waals surface area contributed by atoms with Gasteiger partial charge in [0.2, 0.25) is 0 Å². The predicted molar refractivity (Wildman–Crippen MR) is 75.1 cm³/mol. The van der Waals surface area contributed by atoms with Crippen LogP contribution in [0.1, 0.15) is 29.7 Å². The minimum atomic E-state index is -3.61. The van der Waals surface area contributed by atoms with Crippen LogP contribution in [0, 0.1) is 6.92 Å². The summed E-state index contributed by atoms with van der Waals surface area (Å²) in [5.41, 5.74) is 2.39. The summed E-state index contributed by atoms with van der Waals surface area (Å²) in [7, 11) is -3.61. The fraction of sp³-hybridized carbons (Fsp3) is 0.357. The van der Waals surface area contributed by atoms with Crippen LogP contribution in [-0.2, 0) is 22.9 Å². The highest BCUT2D eigenvalue weighted by molar-refractivity contribution is 7.92. The molecule has 1 heterocycles. The molecule has 106 valence electrons. The second-order valence-corrected chi connectivity index (χ2v) is 6.75. The van der Waals surface area contributed by atoms with E-state index in [1.165, 1.54) is 12.0 Å². The van der Waals surface area contributed by atoms with E-state index in [2.05, 4.69) is 9.88 Å². The molecule has 0 radical (unpaired) electrons. The lowest BCUT2D eigenvalue weighted by atomic mass is 9.92. The van der Waals surface area contributed by atoms with Gasteiger partial charge in [-0.1, -0.05) is 11.2 Å². The van der Waals surface area contributed by atoms with Gasteiger partial charge >= 0.3 is 0 Å². The SMILES string of the molecule is Cc1cc(NS(=O)(=O)c2ccc3c(c2)CCCC3)no1. The molecule has 1 aromatic carbocycles. The molecule has 0 unspecified atom stereocenters. The number of fused-ring (bicyclic) bond motifs is 1. The van der Waals surface area contributed by atoms with E-state index in [0.717, 1.165) is 24.8 Å². The van der Waals surface area contributed by atoms with Crippen molar-refractivity contribution in [3.8, 4) is 0 Å². The van der Waals surface area contributed by atoms with E-state index in [9.17, 15) is 8.42 Å². The van der Waals surface area contributed by atoms with Crippen LogP contribution < -0.4 is 4.72 Å². The molecule has 20 heavy (non-hydrogen) atoms. The van der Waals surface area contributed by atoms with Crippen molar-refractivity contribution in [1.29, 1.82) is 0 Å². The van der Waals surface area contributed by atoms with Crippen LogP contribution >= 0.6 is 0 Å². The molecule has 0 bridgehead atoms. The quantitative estimate of drug-likeness (QED) is 0.944. The summed E-state index contributed by atoms with van der Waals surface area (Å²) in [4.78, 5) is 0.277. The van der Waals surface area contributed by atoms with Gasteiger partial charge in [0.05, 0.1) is 4.90 Å². The first kappa shape index (κ1) is 13.2. The molecule has 0 saturated carbocycles. The van der Waals surface area contributed by atoms with E-state index in [-0.39, 0.29) is 10.7 Å². The standard InChI is InChI=1S/C14H16N2O3S/c1-10-8-14(15-19-10)16-20(17,18)13-7-6-11-4-2-3-5-12(11)9-13/h6-9H,2-5H2,1H3,(H,15,16). The number of nitrogens with one attached hydrogen (secondary N) is 1. The van der Waals surface area contributed by atoms with E-state index in [1.54, 1.807) is 25.1 Å². The molecular formula is C14H16N2O3S. The van der Waals surface area contributed by atoms with Crippen molar-refractivity contribution < 1.29 is 12.9 Å². The van der Waals surface area contributed by atoms with Gasteiger partial charge in [0.1, 0.15) is 5.76 Å². The van der Waals surface area contributed by atoms with Gasteiger partial charge in [-0.25, -0.2) is 8.42 Å². The van der Waals surface area contributed by atoms with Crippen LogP contribution in [0.2, 0.25) is 0 Å². The summed E-state index contributed by atoms with van der Waals surface area (Å²) < 4.78 is 31.9. The fourth-order valence-electron chi connectivity index (χ4n) is 2.49. The van der Waals surface area contributed by atoms with Crippen molar-refractivity contribution in [2.24, 2.45) is 0 Å². The summed E-state index contributed by atoms with van der Waals surface area (Å²) in [6.45, 7) is 1.71. The van der Waals surface area contributed by atoms with Gasteiger partial charge in [0.25, 0.3) is 10.0 Å². The third kappa shape index (κ3) is 2.56. The topological polar surface area (TPSA) is 72.2 Å². The Morgan fingerprint density at radius 2 is 1.90 bits per heavy atom. The van der Waals surface area contributed by atoms with Crippen molar-refractivity contribution in [3.05, 3.63) is 41.2 Å². The lowest BCUT2D eigenvalue weighted by Gasteiger charge is -2.16. The molecule has 5 nitrogen and oxygen atoms in total. The van der Waals surface area contributed by atoms with E-state index in [1.807, 2.05) is 6.07 Å². The van der Waals surface area contributed by atoms with Gasteiger partial charge in [-0.3, -0.25) is 4.72 Å². The van der Waals surface area contributed by atoms with Gasteiger partial charge in [-0.15, -0.1) is 0 Å². The first-order chi connectivity index (χ1) is 9.54. The lowest BCUT2D eigenvalue weighted by Crippen LogP contribution is -2.14. The Hall–Kier alpha value is -1.82. The molecular weight excluding hydrogens is 276 g/mol. The number of aryl methyl sites for hydroxylation is 3. The molecule has 2 aromatic rings. The zero-order valence-corrected chi connectivity index (χ0v) is 12.0. The van der Waals surface area contributed by atoms with Crippen LogP contribution in [0.4, 0.5) is 5.82 Å². The number of anilines is 1. The Balaban J connectivity index is 1.91. The predicted octanol–water partition coefficient (Wildman–Crippen LogP) is 2.66. The smallest absolute Gasteiger partial charge is 0.263 e. The minimum Gasteiger partial charge on any atom is -0.360 e. The summed E-state index contributed by atoms with van der Waals surface area (Å²) in [6, 6.07) is 6.89. The third-order valence-electron chi connectivity index (χ3n) is 3.50. The molecule has 1 aliphatic rings. The van der Waals surface area contributed by atoms with Crippen molar-refractivity contribution in [2.45, 2.75) is 37.5 Å². The molecule has 0 saturated heterocycles. The number of sulfonamides is 1. The zero-order valence-electron chi connectivity index (χ0n) is 11.2. The van der Waals surface area contributed by atoms with Gasteiger partial charge in [0, 0.05) is 6.07 Å². The molecule has 1 aromatic heterocycles. The Kier molecular flexibility index (Phi) is 3.25. The maximum absolute atomic E-state index is 12.3. The number of hydrogen-bond donors (Lipinski definition) is 1. The summed E-state index contributed by atoms with van der Waals surface area (Å²) in [5.74, 6) is 0.772. The van der Waals surface area contributed by atoms with Crippen LogP contribution in [-0.4, -0.2) is 13.6 Å². The number of aromatic nitrogens is 1. The number of hydrogen-bond acceptors (Lipinski definition) is 4. The highest BCUT2D eigenvalue weighted by atomic mass is 32.2. The molecule has 0 amide bonds.